The van der Waals surface area contributed by atoms with Crippen molar-refractivity contribution in [2.24, 2.45) is 0 Å². The zero-order valence-corrected chi connectivity index (χ0v) is 12.9. The van der Waals surface area contributed by atoms with Gasteiger partial charge in [0.2, 0.25) is 0 Å². The Morgan fingerprint density at radius 2 is 2.29 bits per heavy atom. The van der Waals surface area contributed by atoms with Crippen LogP contribution in [-0.4, -0.2) is 31.3 Å². The van der Waals surface area contributed by atoms with E-state index in [4.69, 9.17) is 4.74 Å². The van der Waals surface area contributed by atoms with Gasteiger partial charge in [-0.25, -0.2) is 4.79 Å². The number of hydrogen-bond donors (Lipinski definition) is 2. The van der Waals surface area contributed by atoms with E-state index in [2.05, 4.69) is 22.1 Å². The summed E-state index contributed by atoms with van der Waals surface area (Å²) < 4.78 is 5.25. The predicted octanol–water partition coefficient (Wildman–Crippen LogP) is 3.45. The van der Waals surface area contributed by atoms with E-state index in [0.717, 1.165) is 36.7 Å². The van der Waals surface area contributed by atoms with Crippen LogP contribution in [0.5, 0.6) is 0 Å². The number of nitrogens with zero attached hydrogens (tertiary/aromatic N) is 1. The van der Waals surface area contributed by atoms with Crippen LogP contribution in [0.15, 0.2) is 30.9 Å². The molecule has 1 aliphatic rings. The number of anilines is 3. The molecule has 0 aliphatic carbocycles. The number of rotatable bonds is 3. The molecule has 1 aromatic rings. The number of ether oxygens (including phenoxy) is 1. The van der Waals surface area contributed by atoms with Crippen LogP contribution >= 0.6 is 0 Å². The van der Waals surface area contributed by atoms with E-state index in [1.54, 1.807) is 0 Å². The van der Waals surface area contributed by atoms with Crippen LogP contribution in [0.2, 0.25) is 0 Å². The van der Waals surface area contributed by atoms with Crippen LogP contribution in [0, 0.1) is 0 Å². The van der Waals surface area contributed by atoms with Gasteiger partial charge in [-0.15, -0.1) is 6.58 Å². The summed E-state index contributed by atoms with van der Waals surface area (Å²) in [4.78, 5) is 14.0. The lowest BCUT2D eigenvalue weighted by molar-refractivity contribution is 0.0636. The summed E-state index contributed by atoms with van der Waals surface area (Å²) in [7, 11) is 0. The molecular weight excluding hydrogens is 266 g/mol. The fraction of sp³-hybridized carbons (Fsp3) is 0.438. The van der Waals surface area contributed by atoms with Gasteiger partial charge in [-0.2, -0.15) is 0 Å². The van der Waals surface area contributed by atoms with Crippen molar-refractivity contribution in [3.63, 3.8) is 0 Å². The summed E-state index contributed by atoms with van der Waals surface area (Å²) in [6.45, 7) is 11.9. The molecule has 114 valence electrons. The van der Waals surface area contributed by atoms with Crippen molar-refractivity contribution in [2.45, 2.75) is 26.4 Å². The number of carbonyl (C=O) groups excluding carboxylic acids is 1. The number of hydrogen-bond acceptors (Lipinski definition) is 4. The molecule has 0 saturated carbocycles. The van der Waals surface area contributed by atoms with Crippen LogP contribution in [0.25, 0.3) is 0 Å². The third-order valence-electron chi connectivity index (χ3n) is 3.03. The molecule has 5 nitrogen and oxygen atoms in total. The largest absolute Gasteiger partial charge is 0.444 e. The summed E-state index contributed by atoms with van der Waals surface area (Å²) in [5.41, 5.74) is 2.35. The van der Waals surface area contributed by atoms with Gasteiger partial charge in [-0.3, -0.25) is 5.32 Å². The van der Waals surface area contributed by atoms with Gasteiger partial charge in [0.25, 0.3) is 0 Å². The minimum atomic E-state index is -0.503. The van der Waals surface area contributed by atoms with E-state index in [-0.39, 0.29) is 0 Å². The van der Waals surface area contributed by atoms with Gasteiger partial charge < -0.3 is 15.0 Å². The Bertz CT molecular complexity index is 535. The minimum Gasteiger partial charge on any atom is -0.444 e. The Balaban J connectivity index is 2.10. The van der Waals surface area contributed by atoms with Gasteiger partial charge in [-0.05, 0) is 39.0 Å². The second-order valence-corrected chi connectivity index (χ2v) is 6.02. The van der Waals surface area contributed by atoms with E-state index >= 15 is 0 Å². The van der Waals surface area contributed by atoms with Gasteiger partial charge in [-0.1, -0.05) is 6.08 Å². The first kappa shape index (κ1) is 15.2. The van der Waals surface area contributed by atoms with Crippen LogP contribution in [0.4, 0.5) is 21.9 Å². The first-order valence-electron chi connectivity index (χ1n) is 7.13. The Morgan fingerprint density at radius 3 is 2.95 bits per heavy atom. The Morgan fingerprint density at radius 1 is 1.52 bits per heavy atom. The highest BCUT2D eigenvalue weighted by atomic mass is 16.6. The lowest BCUT2D eigenvalue weighted by Crippen LogP contribution is -2.34. The summed E-state index contributed by atoms with van der Waals surface area (Å²) in [5.74, 6) is 0. The molecule has 0 saturated heterocycles. The molecular formula is C16H23N3O2. The van der Waals surface area contributed by atoms with Crippen molar-refractivity contribution in [1.29, 1.82) is 0 Å². The molecule has 21 heavy (non-hydrogen) atoms. The maximum Gasteiger partial charge on any atom is 0.412 e. The van der Waals surface area contributed by atoms with Crippen molar-refractivity contribution in [1.82, 2.24) is 0 Å². The van der Waals surface area contributed by atoms with Gasteiger partial charge in [0.05, 0.1) is 11.4 Å². The molecule has 1 heterocycles. The second kappa shape index (κ2) is 6.08. The van der Waals surface area contributed by atoms with Gasteiger partial charge in [0.1, 0.15) is 5.60 Å². The van der Waals surface area contributed by atoms with Crippen LogP contribution in [-0.2, 0) is 4.74 Å². The smallest absolute Gasteiger partial charge is 0.412 e. The maximum absolute atomic E-state index is 11.8. The first-order valence-corrected chi connectivity index (χ1v) is 7.13. The van der Waals surface area contributed by atoms with Crippen molar-refractivity contribution in [3.05, 3.63) is 30.9 Å². The third kappa shape index (κ3) is 4.15. The third-order valence-corrected chi connectivity index (χ3v) is 3.03. The van der Waals surface area contributed by atoms with Crippen molar-refractivity contribution in [3.8, 4) is 0 Å². The number of amides is 1. The monoisotopic (exact) mass is 289 g/mol. The molecule has 1 aliphatic heterocycles. The van der Waals surface area contributed by atoms with Crippen LogP contribution in [0.1, 0.15) is 20.8 Å². The normalized spacial score (nSPS) is 14.0. The van der Waals surface area contributed by atoms with Crippen molar-refractivity contribution in [2.75, 3.05) is 35.2 Å². The molecule has 0 unspecified atom stereocenters. The molecule has 2 rings (SSSR count). The standard InChI is InChI=1S/C16H23N3O2/c1-5-9-19-10-8-17-13-11-12(6-7-14(13)19)18-15(20)21-16(2,3)4/h5-7,11,17H,1,8-10H2,2-4H3,(H,18,20). The molecule has 2 N–H and O–H groups in total. The number of carbonyl (C=O) groups is 1. The fourth-order valence-electron chi connectivity index (χ4n) is 2.24. The lowest BCUT2D eigenvalue weighted by atomic mass is 10.1. The van der Waals surface area contributed by atoms with Crippen LogP contribution < -0.4 is 15.5 Å². The number of benzene rings is 1. The highest BCUT2D eigenvalue weighted by molar-refractivity contribution is 5.87. The zero-order valence-electron chi connectivity index (χ0n) is 12.9. The summed E-state index contributed by atoms with van der Waals surface area (Å²) in [6.07, 6.45) is 1.45. The Hall–Kier alpha value is -2.17. The molecule has 1 aromatic carbocycles. The topological polar surface area (TPSA) is 53.6 Å². The van der Waals surface area contributed by atoms with E-state index in [0.29, 0.717) is 0 Å². The molecule has 1 amide bonds. The van der Waals surface area contributed by atoms with Crippen LogP contribution in [0.3, 0.4) is 0 Å². The summed E-state index contributed by atoms with van der Waals surface area (Å²) >= 11 is 0. The zero-order chi connectivity index (χ0) is 15.5. The molecule has 0 radical (unpaired) electrons. The Kier molecular flexibility index (Phi) is 4.40. The van der Waals surface area contributed by atoms with Crippen molar-refractivity contribution < 1.29 is 9.53 Å². The van der Waals surface area contributed by atoms with Gasteiger partial charge in [0, 0.05) is 25.3 Å². The number of nitrogens with one attached hydrogen (secondary N) is 2. The quantitative estimate of drug-likeness (QED) is 0.837. The molecule has 0 bridgehead atoms. The van der Waals surface area contributed by atoms with E-state index in [1.807, 2.05) is 45.0 Å². The van der Waals surface area contributed by atoms with Crippen molar-refractivity contribution >= 4 is 23.2 Å². The highest BCUT2D eigenvalue weighted by Gasteiger charge is 2.18. The first-order chi connectivity index (χ1) is 9.89. The fourth-order valence-corrected chi connectivity index (χ4v) is 2.24. The van der Waals surface area contributed by atoms with E-state index in [9.17, 15) is 4.79 Å². The van der Waals surface area contributed by atoms with E-state index in [1.165, 1.54) is 0 Å². The Labute approximate surface area is 126 Å². The second-order valence-electron chi connectivity index (χ2n) is 6.02. The maximum atomic E-state index is 11.8. The molecule has 0 atom stereocenters. The predicted molar refractivity (Wildman–Crippen MR) is 87.2 cm³/mol. The molecule has 0 fully saturated rings. The average molecular weight is 289 g/mol. The van der Waals surface area contributed by atoms with Gasteiger partial charge >= 0.3 is 6.09 Å². The lowest BCUT2D eigenvalue weighted by Gasteiger charge is -2.31. The highest BCUT2D eigenvalue weighted by Crippen LogP contribution is 2.31. The van der Waals surface area contributed by atoms with Gasteiger partial charge in [0.15, 0.2) is 0 Å². The molecule has 5 heteroatoms. The molecule has 0 aromatic heterocycles. The molecule has 0 spiro atoms. The number of fused-ring (bicyclic) bond motifs is 1. The average Bonchev–Trinajstić information content (AvgIpc) is 2.36. The summed E-state index contributed by atoms with van der Waals surface area (Å²) in [5, 5.41) is 6.10. The SMILES string of the molecule is C=CCN1CCNc2cc(NC(=O)OC(C)(C)C)ccc21. The van der Waals surface area contributed by atoms with E-state index < -0.39 is 11.7 Å². The minimum absolute atomic E-state index is 0.443. The summed E-state index contributed by atoms with van der Waals surface area (Å²) in [6, 6.07) is 5.80.